The monoisotopic (exact) mass is 415 g/mol. The van der Waals surface area contributed by atoms with E-state index in [0.717, 1.165) is 22.9 Å². The molecule has 0 amide bonds. The molecule has 4 rings (SSSR count). The first-order valence-electron chi connectivity index (χ1n) is 9.55. The molecule has 2 atom stereocenters. The Hall–Kier alpha value is -2.55. The third kappa shape index (κ3) is 3.83. The summed E-state index contributed by atoms with van der Waals surface area (Å²) in [4.78, 5) is 5.83. The first-order chi connectivity index (χ1) is 13.9. The van der Waals surface area contributed by atoms with E-state index in [4.69, 9.17) is 4.74 Å². The minimum atomic E-state index is -4.26. The van der Waals surface area contributed by atoms with Gasteiger partial charge in [-0.1, -0.05) is 30.3 Å². The van der Waals surface area contributed by atoms with Crippen molar-refractivity contribution in [2.24, 2.45) is 0 Å². The van der Waals surface area contributed by atoms with Crippen LogP contribution in [0.4, 0.5) is 11.4 Å². The van der Waals surface area contributed by atoms with Gasteiger partial charge in [-0.15, -0.1) is 0 Å². The Morgan fingerprint density at radius 2 is 1.66 bits per heavy atom. The van der Waals surface area contributed by atoms with Gasteiger partial charge in [-0.25, -0.2) is 0 Å². The Labute approximate surface area is 171 Å². The van der Waals surface area contributed by atoms with Crippen molar-refractivity contribution in [3.05, 3.63) is 60.8 Å². The highest BCUT2D eigenvalue weighted by Gasteiger charge is 2.38. The molecule has 0 fully saturated rings. The number of hydrogen-bond donors (Lipinski definition) is 1. The Bertz CT molecular complexity index is 979. The fourth-order valence-corrected chi connectivity index (χ4v) is 5.27. The average Bonchev–Trinajstić information content (AvgIpc) is 2.68. The molecule has 0 saturated carbocycles. The van der Waals surface area contributed by atoms with Gasteiger partial charge in [0.05, 0.1) is 11.4 Å². The maximum atomic E-state index is 12.3. The van der Waals surface area contributed by atoms with Crippen LogP contribution >= 0.6 is 0 Å². The number of benzene rings is 2. The van der Waals surface area contributed by atoms with Crippen molar-refractivity contribution in [2.75, 3.05) is 32.1 Å². The Balaban J connectivity index is 1.66. The third-order valence-corrected chi connectivity index (χ3v) is 6.73. The maximum Gasteiger partial charge on any atom is 0.271 e. The fraction of sp³-hybridized carbons (Fsp3) is 0.333. The fourth-order valence-electron chi connectivity index (χ4n) is 4.16. The van der Waals surface area contributed by atoms with Gasteiger partial charge in [0, 0.05) is 20.1 Å². The highest BCUT2D eigenvalue weighted by Crippen LogP contribution is 2.46. The molecular formula is C21H25N3O4S. The van der Waals surface area contributed by atoms with E-state index in [1.54, 1.807) is 0 Å². The number of ether oxygens (including phenoxy) is 1. The molecule has 7 nitrogen and oxygen atoms in total. The zero-order valence-electron chi connectivity index (χ0n) is 16.5. The lowest BCUT2D eigenvalue weighted by Crippen LogP contribution is -2.55. The van der Waals surface area contributed by atoms with E-state index >= 15 is 0 Å². The summed E-state index contributed by atoms with van der Waals surface area (Å²) in [6.07, 6.45) is 3.64. The number of nitrogens with zero attached hydrogens (tertiary/aromatic N) is 3. The molecule has 8 heteroatoms. The summed E-state index contributed by atoms with van der Waals surface area (Å²) in [5, 5.41) is -0.954. The summed E-state index contributed by atoms with van der Waals surface area (Å²) >= 11 is 0. The highest BCUT2D eigenvalue weighted by molar-refractivity contribution is 7.86. The molecule has 2 unspecified atom stereocenters. The van der Waals surface area contributed by atoms with Crippen molar-refractivity contribution in [2.45, 2.75) is 17.8 Å². The van der Waals surface area contributed by atoms with Crippen LogP contribution in [0.3, 0.4) is 0 Å². The minimum Gasteiger partial charge on any atom is -0.453 e. The predicted octanol–water partition coefficient (Wildman–Crippen LogP) is 3.29. The summed E-state index contributed by atoms with van der Waals surface area (Å²) in [5.41, 5.74) is 1.76. The van der Waals surface area contributed by atoms with Crippen LogP contribution in [-0.2, 0) is 10.1 Å². The molecule has 2 aromatic rings. The molecule has 0 bridgehead atoms. The third-order valence-electron chi connectivity index (χ3n) is 5.49. The van der Waals surface area contributed by atoms with Crippen LogP contribution in [-0.4, -0.2) is 61.4 Å². The zero-order chi connectivity index (χ0) is 20.6. The highest BCUT2D eigenvalue weighted by atomic mass is 32.2. The van der Waals surface area contributed by atoms with Crippen LogP contribution in [0.25, 0.3) is 0 Å². The van der Waals surface area contributed by atoms with Gasteiger partial charge in [0.1, 0.15) is 11.4 Å². The molecule has 0 aromatic heterocycles. The minimum absolute atomic E-state index is 0.259. The molecule has 0 saturated heterocycles. The van der Waals surface area contributed by atoms with Gasteiger partial charge in [-0.05, 0) is 43.9 Å². The van der Waals surface area contributed by atoms with Crippen LogP contribution in [0.15, 0.2) is 60.8 Å². The molecule has 0 aliphatic carbocycles. The number of para-hydroxylation sites is 4. The lowest BCUT2D eigenvalue weighted by molar-refractivity contribution is 0.108. The van der Waals surface area contributed by atoms with E-state index in [9.17, 15) is 13.0 Å². The molecule has 0 radical (unpaired) electrons. The zero-order valence-corrected chi connectivity index (χ0v) is 17.3. The van der Waals surface area contributed by atoms with Crippen LogP contribution in [0.1, 0.15) is 6.42 Å². The van der Waals surface area contributed by atoms with Crippen molar-refractivity contribution in [1.29, 1.82) is 0 Å². The Morgan fingerprint density at radius 3 is 2.21 bits per heavy atom. The normalized spacial score (nSPS) is 20.0. The molecule has 2 aliphatic heterocycles. The molecule has 0 spiro atoms. The SMILES string of the molecule is CN1C=CCN(C)C1C(CCN1c2ccccc2Oc2ccccc21)S(=O)(=O)O. The summed E-state index contributed by atoms with van der Waals surface area (Å²) in [5.74, 6) is 1.45. The van der Waals surface area contributed by atoms with E-state index in [2.05, 4.69) is 4.90 Å². The molecule has 2 aromatic carbocycles. The lowest BCUT2D eigenvalue weighted by atomic mass is 10.1. The van der Waals surface area contributed by atoms with Crippen molar-refractivity contribution in [3.8, 4) is 11.5 Å². The largest absolute Gasteiger partial charge is 0.453 e. The van der Waals surface area contributed by atoms with Gasteiger partial charge in [-0.2, -0.15) is 8.42 Å². The van der Waals surface area contributed by atoms with Gasteiger partial charge in [0.2, 0.25) is 0 Å². The van der Waals surface area contributed by atoms with Gasteiger partial charge in [-0.3, -0.25) is 9.45 Å². The van der Waals surface area contributed by atoms with Gasteiger partial charge in [0.25, 0.3) is 10.1 Å². The molecule has 2 heterocycles. The van der Waals surface area contributed by atoms with E-state index < -0.39 is 21.5 Å². The van der Waals surface area contributed by atoms with Crippen LogP contribution in [0, 0.1) is 0 Å². The Kier molecular flexibility index (Phi) is 5.24. The number of likely N-dealkylation sites (N-methyl/N-ethyl adjacent to an activating group) is 1. The van der Waals surface area contributed by atoms with Crippen LogP contribution in [0.2, 0.25) is 0 Å². The van der Waals surface area contributed by atoms with Crippen molar-refractivity contribution in [3.63, 3.8) is 0 Å². The number of anilines is 2. The summed E-state index contributed by atoms with van der Waals surface area (Å²) in [7, 11) is -0.570. The molecule has 2 aliphatic rings. The standard InChI is InChI=1S/C21H25N3O4S/c1-22-13-7-14-23(2)21(22)20(29(25,26)27)12-15-24-16-8-3-5-10-18(16)28-19-11-6-4-9-17(19)24/h3-11,13,20-21H,12,14-15H2,1-2H3,(H,25,26,27). The topological polar surface area (TPSA) is 73.3 Å². The molecule has 154 valence electrons. The van der Waals surface area contributed by atoms with Crippen LogP contribution < -0.4 is 9.64 Å². The predicted molar refractivity (Wildman–Crippen MR) is 113 cm³/mol. The molecular weight excluding hydrogens is 390 g/mol. The van der Waals surface area contributed by atoms with Crippen molar-refractivity contribution < 1.29 is 17.7 Å². The number of rotatable bonds is 5. The quantitative estimate of drug-likeness (QED) is 0.751. The van der Waals surface area contributed by atoms with E-state index in [-0.39, 0.29) is 6.42 Å². The average molecular weight is 416 g/mol. The molecule has 29 heavy (non-hydrogen) atoms. The first kappa shape index (κ1) is 19.8. The van der Waals surface area contributed by atoms with Crippen molar-refractivity contribution in [1.82, 2.24) is 9.80 Å². The summed E-state index contributed by atoms with van der Waals surface area (Å²) in [6, 6.07) is 15.4. The second-order valence-corrected chi connectivity index (χ2v) is 9.07. The summed E-state index contributed by atoms with van der Waals surface area (Å²) < 4.78 is 40.7. The van der Waals surface area contributed by atoms with Gasteiger partial charge < -0.3 is 14.5 Å². The summed E-state index contributed by atoms with van der Waals surface area (Å²) in [6.45, 7) is 1.05. The second-order valence-electron chi connectivity index (χ2n) is 7.43. The van der Waals surface area contributed by atoms with Crippen molar-refractivity contribution >= 4 is 21.5 Å². The maximum absolute atomic E-state index is 12.3. The van der Waals surface area contributed by atoms with E-state index in [1.807, 2.05) is 84.7 Å². The number of hydrogen-bond acceptors (Lipinski definition) is 6. The van der Waals surface area contributed by atoms with Gasteiger partial charge >= 0.3 is 0 Å². The van der Waals surface area contributed by atoms with E-state index in [0.29, 0.717) is 13.1 Å². The lowest BCUT2D eigenvalue weighted by Gasteiger charge is -2.42. The number of fused-ring (bicyclic) bond motifs is 2. The van der Waals surface area contributed by atoms with Gasteiger partial charge in [0.15, 0.2) is 11.5 Å². The first-order valence-corrected chi connectivity index (χ1v) is 11.0. The van der Waals surface area contributed by atoms with Crippen LogP contribution in [0.5, 0.6) is 11.5 Å². The molecule has 1 N–H and O–H groups in total. The van der Waals surface area contributed by atoms with E-state index in [1.165, 1.54) is 0 Å². The smallest absolute Gasteiger partial charge is 0.271 e. The Morgan fingerprint density at radius 1 is 1.07 bits per heavy atom. The second kappa shape index (κ2) is 7.70.